The Balaban J connectivity index is 1.65. The van der Waals surface area contributed by atoms with Gasteiger partial charge in [-0.1, -0.05) is 20.4 Å². The van der Waals surface area contributed by atoms with Gasteiger partial charge in [0.15, 0.2) is 0 Å². The van der Waals surface area contributed by atoms with E-state index in [9.17, 15) is 4.79 Å². The minimum atomic E-state index is -0.0193. The van der Waals surface area contributed by atoms with Gasteiger partial charge in [0.2, 0.25) is 5.91 Å². The largest absolute Gasteiger partial charge is 0.372 e. The molecule has 2 heterocycles. The van der Waals surface area contributed by atoms with Crippen LogP contribution in [0.5, 0.6) is 0 Å². The zero-order valence-corrected chi connectivity index (χ0v) is 10.8. The van der Waals surface area contributed by atoms with Gasteiger partial charge in [-0.2, -0.15) is 0 Å². The summed E-state index contributed by atoms with van der Waals surface area (Å²) >= 11 is 0. The number of amides is 1. The van der Waals surface area contributed by atoms with Crippen molar-refractivity contribution in [1.29, 1.82) is 0 Å². The Morgan fingerprint density at radius 2 is 2.18 bits per heavy atom. The van der Waals surface area contributed by atoms with Crippen LogP contribution in [0, 0.1) is 5.92 Å². The summed E-state index contributed by atoms with van der Waals surface area (Å²) in [6.07, 6.45) is 1.16. The fraction of sp³-hybridized carbons (Fsp3) is 0.769. The molecule has 0 aliphatic carbocycles. The molecule has 2 aliphatic heterocycles. The highest BCUT2D eigenvalue weighted by atomic mass is 16.5. The van der Waals surface area contributed by atoms with E-state index in [-0.39, 0.29) is 11.5 Å². The molecule has 0 aromatic heterocycles. The molecule has 0 unspecified atom stereocenters. The van der Waals surface area contributed by atoms with Gasteiger partial charge in [0.05, 0.1) is 12.2 Å². The summed E-state index contributed by atoms with van der Waals surface area (Å²) in [6, 6.07) is 0. The normalized spacial score (nSPS) is 22.1. The van der Waals surface area contributed by atoms with Gasteiger partial charge in [-0.3, -0.25) is 9.69 Å². The fourth-order valence-electron chi connectivity index (χ4n) is 2.28. The first kappa shape index (κ1) is 12.6. The van der Waals surface area contributed by atoms with Crippen LogP contribution in [-0.2, 0) is 9.53 Å². The van der Waals surface area contributed by atoms with E-state index in [1.165, 1.54) is 0 Å². The summed E-state index contributed by atoms with van der Waals surface area (Å²) in [5, 5.41) is 2.89. The van der Waals surface area contributed by atoms with E-state index in [2.05, 4.69) is 30.6 Å². The quantitative estimate of drug-likeness (QED) is 0.720. The average Bonchev–Trinajstić information content (AvgIpc) is 2.15. The zero-order chi connectivity index (χ0) is 12.5. The minimum absolute atomic E-state index is 0.0193. The molecular formula is C13H22N2O2. The fourth-order valence-corrected chi connectivity index (χ4v) is 2.28. The molecule has 2 fully saturated rings. The van der Waals surface area contributed by atoms with Gasteiger partial charge in [0.25, 0.3) is 0 Å². The van der Waals surface area contributed by atoms with E-state index < -0.39 is 0 Å². The molecule has 1 N–H and O–H groups in total. The van der Waals surface area contributed by atoms with E-state index in [4.69, 9.17) is 4.74 Å². The van der Waals surface area contributed by atoms with Gasteiger partial charge in [-0.05, 0) is 5.92 Å². The maximum atomic E-state index is 11.7. The number of carbonyl (C=O) groups is 1. The standard InChI is InChI=1S/C13H22N2O2/c1-10(2)6-14-12(16)11(3)7-15-8-13(9-15)4-5-17-13/h10H,3-9H2,1-2H3,(H,14,16). The highest BCUT2D eigenvalue weighted by molar-refractivity contribution is 5.93. The second-order valence-electron chi connectivity index (χ2n) is 5.63. The van der Waals surface area contributed by atoms with Crippen LogP contribution in [0.25, 0.3) is 0 Å². The second-order valence-corrected chi connectivity index (χ2v) is 5.63. The molecule has 2 rings (SSSR count). The molecule has 17 heavy (non-hydrogen) atoms. The highest BCUT2D eigenvalue weighted by Gasteiger charge is 2.48. The van der Waals surface area contributed by atoms with E-state index in [1.807, 2.05) is 0 Å². The van der Waals surface area contributed by atoms with Crippen LogP contribution in [0.4, 0.5) is 0 Å². The summed E-state index contributed by atoms with van der Waals surface area (Å²) < 4.78 is 5.53. The molecule has 0 aromatic rings. The Morgan fingerprint density at radius 3 is 2.65 bits per heavy atom. The summed E-state index contributed by atoms with van der Waals surface area (Å²) in [5.41, 5.74) is 0.786. The molecule has 96 valence electrons. The van der Waals surface area contributed by atoms with E-state index in [0.717, 1.165) is 26.1 Å². The lowest BCUT2D eigenvalue weighted by Gasteiger charge is -2.55. The van der Waals surface area contributed by atoms with Gasteiger partial charge < -0.3 is 10.1 Å². The van der Waals surface area contributed by atoms with Crippen LogP contribution in [0.3, 0.4) is 0 Å². The average molecular weight is 238 g/mol. The zero-order valence-electron chi connectivity index (χ0n) is 10.8. The number of carbonyl (C=O) groups excluding carboxylic acids is 1. The first-order valence-electron chi connectivity index (χ1n) is 6.33. The van der Waals surface area contributed by atoms with Crippen molar-refractivity contribution in [3.8, 4) is 0 Å². The number of hydrogen-bond donors (Lipinski definition) is 1. The van der Waals surface area contributed by atoms with Crippen LogP contribution >= 0.6 is 0 Å². The lowest BCUT2D eigenvalue weighted by molar-refractivity contribution is -0.219. The van der Waals surface area contributed by atoms with Gasteiger partial charge in [0, 0.05) is 38.2 Å². The van der Waals surface area contributed by atoms with Crippen molar-refractivity contribution in [3.05, 3.63) is 12.2 Å². The molecule has 2 aliphatic rings. The number of rotatable bonds is 5. The van der Waals surface area contributed by atoms with Gasteiger partial charge >= 0.3 is 0 Å². The van der Waals surface area contributed by atoms with Crippen molar-refractivity contribution in [1.82, 2.24) is 10.2 Å². The van der Waals surface area contributed by atoms with Crippen LogP contribution in [-0.4, -0.2) is 49.2 Å². The SMILES string of the molecule is C=C(CN1CC2(CCO2)C1)C(=O)NCC(C)C. The summed E-state index contributed by atoms with van der Waals surface area (Å²) in [6.45, 7) is 12.2. The maximum Gasteiger partial charge on any atom is 0.247 e. The van der Waals surface area contributed by atoms with E-state index in [1.54, 1.807) is 0 Å². The van der Waals surface area contributed by atoms with Gasteiger partial charge in [-0.15, -0.1) is 0 Å². The van der Waals surface area contributed by atoms with Crippen LogP contribution in [0.1, 0.15) is 20.3 Å². The summed E-state index contributed by atoms with van der Waals surface area (Å²) in [5.74, 6) is 0.455. The topological polar surface area (TPSA) is 41.6 Å². The smallest absolute Gasteiger partial charge is 0.247 e. The Hall–Kier alpha value is -0.870. The molecular weight excluding hydrogens is 216 g/mol. The van der Waals surface area contributed by atoms with Crippen molar-refractivity contribution in [2.24, 2.45) is 5.92 Å². The van der Waals surface area contributed by atoms with Crippen LogP contribution in [0.2, 0.25) is 0 Å². The summed E-state index contributed by atoms with van der Waals surface area (Å²) in [7, 11) is 0. The predicted molar refractivity (Wildman–Crippen MR) is 66.7 cm³/mol. The van der Waals surface area contributed by atoms with Crippen molar-refractivity contribution in [2.75, 3.05) is 32.8 Å². The van der Waals surface area contributed by atoms with Crippen LogP contribution < -0.4 is 5.32 Å². The van der Waals surface area contributed by atoms with Crippen LogP contribution in [0.15, 0.2) is 12.2 Å². The Labute approximate surface area is 103 Å². The highest BCUT2D eigenvalue weighted by Crippen LogP contribution is 2.35. The second kappa shape index (κ2) is 4.78. The third-order valence-corrected chi connectivity index (χ3v) is 3.40. The third-order valence-electron chi connectivity index (χ3n) is 3.40. The maximum absolute atomic E-state index is 11.7. The lowest BCUT2D eigenvalue weighted by Crippen LogP contribution is -2.68. The van der Waals surface area contributed by atoms with Crippen molar-refractivity contribution < 1.29 is 9.53 Å². The summed E-state index contributed by atoms with van der Waals surface area (Å²) in [4.78, 5) is 13.9. The first-order valence-corrected chi connectivity index (χ1v) is 6.33. The number of likely N-dealkylation sites (tertiary alicyclic amines) is 1. The molecule has 1 amide bonds. The molecule has 0 radical (unpaired) electrons. The molecule has 0 atom stereocenters. The number of hydrogen-bond acceptors (Lipinski definition) is 3. The van der Waals surface area contributed by atoms with Gasteiger partial charge in [0.1, 0.15) is 0 Å². The Kier molecular flexibility index (Phi) is 3.54. The first-order chi connectivity index (χ1) is 8.01. The molecule has 4 nitrogen and oxygen atoms in total. The van der Waals surface area contributed by atoms with E-state index >= 15 is 0 Å². The monoisotopic (exact) mass is 238 g/mol. The predicted octanol–water partition coefficient (Wildman–Crippen LogP) is 0.789. The molecule has 0 saturated carbocycles. The third kappa shape index (κ3) is 2.87. The number of nitrogens with one attached hydrogen (secondary N) is 1. The molecule has 1 spiro atoms. The van der Waals surface area contributed by atoms with Crippen molar-refractivity contribution in [2.45, 2.75) is 25.9 Å². The van der Waals surface area contributed by atoms with E-state index in [0.29, 0.717) is 24.6 Å². The minimum Gasteiger partial charge on any atom is -0.372 e. The van der Waals surface area contributed by atoms with Crippen molar-refractivity contribution >= 4 is 5.91 Å². The van der Waals surface area contributed by atoms with Crippen molar-refractivity contribution in [3.63, 3.8) is 0 Å². The Morgan fingerprint density at radius 1 is 1.53 bits per heavy atom. The number of nitrogens with zero attached hydrogens (tertiary/aromatic N) is 1. The molecule has 0 bridgehead atoms. The molecule has 2 saturated heterocycles. The Bertz CT molecular complexity index is 313. The molecule has 4 heteroatoms. The lowest BCUT2D eigenvalue weighted by atomic mass is 9.86. The number of ether oxygens (including phenoxy) is 1. The molecule has 0 aromatic carbocycles. The van der Waals surface area contributed by atoms with Gasteiger partial charge in [-0.25, -0.2) is 0 Å².